The van der Waals surface area contributed by atoms with Crippen LogP contribution in [-0.4, -0.2) is 30.7 Å². The van der Waals surface area contributed by atoms with Crippen LogP contribution < -0.4 is 20.5 Å². The summed E-state index contributed by atoms with van der Waals surface area (Å²) in [5.41, 5.74) is 9.12. The number of fused-ring (bicyclic) bond motifs is 1. The van der Waals surface area contributed by atoms with Gasteiger partial charge in [0.25, 0.3) is 0 Å². The Balaban J connectivity index is 1.58. The van der Waals surface area contributed by atoms with E-state index in [1.165, 1.54) is 5.56 Å². The highest BCUT2D eigenvalue weighted by Gasteiger charge is 2.21. The first-order valence-electron chi connectivity index (χ1n) is 8.46. The number of hydrogen-bond acceptors (Lipinski definition) is 4. The second-order valence-corrected chi connectivity index (χ2v) is 6.10. The summed E-state index contributed by atoms with van der Waals surface area (Å²) in [5.74, 6) is 2.15. The Labute approximate surface area is 148 Å². The van der Waals surface area contributed by atoms with Gasteiger partial charge in [-0.3, -0.25) is 4.98 Å². The number of nitrogens with one attached hydrogen (secondary N) is 1. The van der Waals surface area contributed by atoms with E-state index >= 15 is 0 Å². The van der Waals surface area contributed by atoms with Gasteiger partial charge in [-0.25, -0.2) is 4.99 Å². The fraction of sp³-hybridized carbons (Fsp3) is 0.368. The lowest BCUT2D eigenvalue weighted by Gasteiger charge is -2.10. The summed E-state index contributed by atoms with van der Waals surface area (Å²) in [4.78, 5) is 8.69. The minimum Gasteiger partial charge on any atom is -0.496 e. The van der Waals surface area contributed by atoms with Crippen molar-refractivity contribution < 1.29 is 9.47 Å². The molecule has 1 aromatic heterocycles. The highest BCUT2D eigenvalue weighted by atomic mass is 16.5. The van der Waals surface area contributed by atoms with Crippen LogP contribution in [0.5, 0.6) is 11.5 Å². The Morgan fingerprint density at radius 1 is 1.44 bits per heavy atom. The maximum atomic E-state index is 5.96. The van der Waals surface area contributed by atoms with E-state index in [0.29, 0.717) is 19.0 Å². The zero-order valence-electron chi connectivity index (χ0n) is 14.7. The molecule has 0 aliphatic carbocycles. The van der Waals surface area contributed by atoms with Crippen LogP contribution in [0.25, 0.3) is 0 Å². The molecule has 25 heavy (non-hydrogen) atoms. The Hall–Kier alpha value is -2.76. The van der Waals surface area contributed by atoms with Gasteiger partial charge in [0.2, 0.25) is 0 Å². The van der Waals surface area contributed by atoms with Gasteiger partial charge in [-0.05, 0) is 31.2 Å². The SMILES string of the molecule is COc1cc2c(cc1CN=C(N)NCCc1ccccn1)OC(C)C2. The number of aromatic nitrogens is 1. The lowest BCUT2D eigenvalue weighted by molar-refractivity contribution is 0.254. The van der Waals surface area contributed by atoms with Crippen molar-refractivity contribution in [1.29, 1.82) is 0 Å². The van der Waals surface area contributed by atoms with Crippen LogP contribution in [0.3, 0.4) is 0 Å². The molecule has 3 N–H and O–H groups in total. The average molecular weight is 340 g/mol. The number of methoxy groups -OCH3 is 1. The first-order valence-corrected chi connectivity index (χ1v) is 8.46. The summed E-state index contributed by atoms with van der Waals surface area (Å²) in [6.07, 6.45) is 3.70. The van der Waals surface area contributed by atoms with Crippen molar-refractivity contribution in [1.82, 2.24) is 10.3 Å². The molecule has 0 radical (unpaired) electrons. The molecule has 6 heteroatoms. The van der Waals surface area contributed by atoms with Crippen molar-refractivity contribution in [2.45, 2.75) is 32.4 Å². The third-order valence-electron chi connectivity index (χ3n) is 4.13. The summed E-state index contributed by atoms with van der Waals surface area (Å²) >= 11 is 0. The minimum absolute atomic E-state index is 0.205. The van der Waals surface area contributed by atoms with E-state index in [4.69, 9.17) is 15.2 Å². The second-order valence-electron chi connectivity index (χ2n) is 6.10. The summed E-state index contributed by atoms with van der Waals surface area (Å²) in [5, 5.41) is 3.11. The normalized spacial score (nSPS) is 16.2. The largest absolute Gasteiger partial charge is 0.496 e. The zero-order chi connectivity index (χ0) is 17.6. The van der Waals surface area contributed by atoms with Crippen molar-refractivity contribution in [3.8, 4) is 11.5 Å². The Bertz CT molecular complexity index is 747. The molecule has 0 spiro atoms. The number of aliphatic imine (C=N–C) groups is 1. The van der Waals surface area contributed by atoms with E-state index in [9.17, 15) is 0 Å². The molecule has 0 saturated heterocycles. The predicted molar refractivity (Wildman–Crippen MR) is 98.1 cm³/mol. The third-order valence-corrected chi connectivity index (χ3v) is 4.13. The van der Waals surface area contributed by atoms with Crippen LogP contribution in [0.2, 0.25) is 0 Å². The molecule has 1 atom stereocenters. The van der Waals surface area contributed by atoms with Crippen LogP contribution in [0.15, 0.2) is 41.5 Å². The first kappa shape index (κ1) is 17.1. The number of pyridine rings is 1. The molecular weight excluding hydrogens is 316 g/mol. The molecule has 1 aliphatic rings. The van der Waals surface area contributed by atoms with Gasteiger partial charge in [-0.15, -0.1) is 0 Å². The molecule has 3 rings (SSSR count). The van der Waals surface area contributed by atoms with Crippen molar-refractivity contribution in [2.75, 3.05) is 13.7 Å². The highest BCUT2D eigenvalue weighted by Crippen LogP contribution is 2.35. The fourth-order valence-corrected chi connectivity index (χ4v) is 2.89. The summed E-state index contributed by atoms with van der Waals surface area (Å²) < 4.78 is 11.3. The molecule has 6 nitrogen and oxygen atoms in total. The van der Waals surface area contributed by atoms with Crippen molar-refractivity contribution in [2.24, 2.45) is 10.7 Å². The lowest BCUT2D eigenvalue weighted by atomic mass is 10.1. The predicted octanol–water partition coefficient (Wildman–Crippen LogP) is 2.06. The molecule has 132 valence electrons. The zero-order valence-corrected chi connectivity index (χ0v) is 14.7. The van der Waals surface area contributed by atoms with Crippen LogP contribution in [0, 0.1) is 0 Å². The lowest BCUT2D eigenvalue weighted by Crippen LogP contribution is -2.33. The molecule has 0 fully saturated rings. The van der Waals surface area contributed by atoms with Gasteiger partial charge >= 0.3 is 0 Å². The first-order chi connectivity index (χ1) is 12.2. The Morgan fingerprint density at radius 3 is 3.08 bits per heavy atom. The van der Waals surface area contributed by atoms with Gasteiger partial charge in [0.05, 0.1) is 13.7 Å². The van der Waals surface area contributed by atoms with E-state index in [1.807, 2.05) is 30.3 Å². The molecule has 0 saturated carbocycles. The number of rotatable bonds is 6. The molecule has 1 aliphatic heterocycles. The molecule has 0 amide bonds. The van der Waals surface area contributed by atoms with Gasteiger partial charge in [0, 0.05) is 42.4 Å². The maximum Gasteiger partial charge on any atom is 0.188 e. The van der Waals surface area contributed by atoms with Crippen LogP contribution in [0.4, 0.5) is 0 Å². The molecule has 1 aromatic carbocycles. The van der Waals surface area contributed by atoms with Gasteiger partial charge < -0.3 is 20.5 Å². The van der Waals surface area contributed by atoms with Crippen LogP contribution >= 0.6 is 0 Å². The van der Waals surface area contributed by atoms with Gasteiger partial charge in [0.15, 0.2) is 5.96 Å². The van der Waals surface area contributed by atoms with Crippen molar-refractivity contribution in [3.63, 3.8) is 0 Å². The van der Waals surface area contributed by atoms with Gasteiger partial charge in [-0.1, -0.05) is 6.07 Å². The number of nitrogens with zero attached hydrogens (tertiary/aromatic N) is 2. The number of hydrogen-bond donors (Lipinski definition) is 2. The van der Waals surface area contributed by atoms with Gasteiger partial charge in [0.1, 0.15) is 17.6 Å². The molecule has 1 unspecified atom stereocenters. The van der Waals surface area contributed by atoms with E-state index in [2.05, 4.69) is 22.2 Å². The standard InChI is InChI=1S/C19H24N4O2/c1-13-9-14-10-17(24-2)15(11-18(14)25-13)12-23-19(20)22-8-6-16-5-3-4-7-21-16/h3-5,7,10-11,13H,6,8-9,12H2,1-2H3,(H3,20,22,23). The fourth-order valence-electron chi connectivity index (χ4n) is 2.89. The number of guanidine groups is 1. The Kier molecular flexibility index (Phi) is 5.38. The number of benzene rings is 1. The molecular formula is C19H24N4O2. The van der Waals surface area contributed by atoms with E-state index in [-0.39, 0.29) is 6.10 Å². The van der Waals surface area contributed by atoms with E-state index in [1.54, 1.807) is 13.3 Å². The van der Waals surface area contributed by atoms with Crippen LogP contribution in [0.1, 0.15) is 23.7 Å². The topological polar surface area (TPSA) is 81.8 Å². The average Bonchev–Trinajstić information content (AvgIpc) is 2.98. The summed E-state index contributed by atoms with van der Waals surface area (Å²) in [6.45, 7) is 3.19. The van der Waals surface area contributed by atoms with Crippen molar-refractivity contribution in [3.05, 3.63) is 53.3 Å². The summed E-state index contributed by atoms with van der Waals surface area (Å²) in [6, 6.07) is 9.91. The summed E-state index contributed by atoms with van der Waals surface area (Å²) in [7, 11) is 1.67. The molecule has 2 heterocycles. The minimum atomic E-state index is 0.205. The van der Waals surface area contributed by atoms with E-state index < -0.39 is 0 Å². The van der Waals surface area contributed by atoms with E-state index in [0.717, 1.165) is 35.6 Å². The smallest absolute Gasteiger partial charge is 0.188 e. The van der Waals surface area contributed by atoms with Crippen molar-refractivity contribution >= 4 is 5.96 Å². The molecule has 0 bridgehead atoms. The number of ether oxygens (including phenoxy) is 2. The molecule has 2 aromatic rings. The Morgan fingerprint density at radius 2 is 2.32 bits per heavy atom. The van der Waals surface area contributed by atoms with Gasteiger partial charge in [-0.2, -0.15) is 0 Å². The number of nitrogens with two attached hydrogens (primary N) is 1. The van der Waals surface area contributed by atoms with Crippen LogP contribution in [-0.2, 0) is 19.4 Å². The third kappa shape index (κ3) is 4.41. The monoisotopic (exact) mass is 340 g/mol. The maximum absolute atomic E-state index is 5.96. The highest BCUT2D eigenvalue weighted by molar-refractivity contribution is 5.77. The quantitative estimate of drug-likeness (QED) is 0.621. The second kappa shape index (κ2) is 7.88.